The number of rotatable bonds is 8. The fourth-order valence-electron chi connectivity index (χ4n) is 3.09. The highest BCUT2D eigenvalue weighted by Gasteiger charge is 2.48. The lowest BCUT2D eigenvalue weighted by atomic mass is 10.1. The highest BCUT2D eigenvalue weighted by Crippen LogP contribution is 2.47. The minimum atomic E-state index is -0.149. The minimum Gasteiger partial charge on any atom is -0.395 e. The zero-order chi connectivity index (χ0) is 17.2. The molecule has 1 aliphatic rings. The molecule has 0 bridgehead atoms. The van der Waals surface area contributed by atoms with Gasteiger partial charge in [-0.15, -0.1) is 0 Å². The lowest BCUT2D eigenvalue weighted by molar-refractivity contribution is 0.246. The second-order valence-corrected chi connectivity index (χ2v) is 7.34. The summed E-state index contributed by atoms with van der Waals surface area (Å²) in [5.41, 5.74) is 2.44. The fraction of sp³-hybridized carbons (Fsp3) is 0.600. The van der Waals surface area contributed by atoms with Crippen LogP contribution in [0.15, 0.2) is 24.3 Å². The predicted molar refractivity (Wildman–Crippen MR) is 96.1 cm³/mol. The molecule has 24 heavy (non-hydrogen) atoms. The summed E-state index contributed by atoms with van der Waals surface area (Å²) in [6.45, 7) is 7.51. The maximum absolute atomic E-state index is 9.83. The number of hydrogen-bond donors (Lipinski definition) is 1. The van der Waals surface area contributed by atoms with E-state index in [1.807, 2.05) is 4.68 Å². The van der Waals surface area contributed by atoms with Gasteiger partial charge in [-0.2, -0.15) is 5.10 Å². The third-order valence-corrected chi connectivity index (χ3v) is 5.34. The van der Waals surface area contributed by atoms with E-state index in [4.69, 9.17) is 10.1 Å². The van der Waals surface area contributed by atoms with Gasteiger partial charge in [0.1, 0.15) is 5.82 Å². The lowest BCUT2D eigenvalue weighted by Gasteiger charge is -2.13. The van der Waals surface area contributed by atoms with E-state index in [1.54, 1.807) is 0 Å². The molecule has 1 fully saturated rings. The second kappa shape index (κ2) is 7.06. The Morgan fingerprint density at radius 1 is 1.17 bits per heavy atom. The number of benzene rings is 1. The minimum absolute atomic E-state index is 0.149. The van der Waals surface area contributed by atoms with Crippen molar-refractivity contribution >= 4 is 0 Å². The Labute approximate surface area is 144 Å². The summed E-state index contributed by atoms with van der Waals surface area (Å²) in [4.78, 5) is 4.82. The van der Waals surface area contributed by atoms with E-state index in [0.29, 0.717) is 5.92 Å². The molecule has 1 unspecified atom stereocenters. The molecule has 1 aromatic heterocycles. The standard InChI is InChI=1S/C20H29N3O/c1-4-15(3)12-18-21-19(20(14-24)10-11-20)23(22-18)13-17-8-6-16(5-2)7-9-17/h6-9,15,24H,4-5,10-14H2,1-3H3. The highest BCUT2D eigenvalue weighted by atomic mass is 16.3. The van der Waals surface area contributed by atoms with Crippen LogP contribution in [0, 0.1) is 5.92 Å². The molecule has 1 saturated carbocycles. The van der Waals surface area contributed by atoms with Crippen LogP contribution in [-0.2, 0) is 24.8 Å². The molecule has 2 aromatic rings. The molecule has 1 atom stereocenters. The van der Waals surface area contributed by atoms with Crippen LogP contribution in [-0.4, -0.2) is 26.5 Å². The van der Waals surface area contributed by atoms with Crippen molar-refractivity contribution in [1.29, 1.82) is 0 Å². The van der Waals surface area contributed by atoms with Gasteiger partial charge in [0.25, 0.3) is 0 Å². The monoisotopic (exact) mass is 327 g/mol. The number of nitrogens with zero attached hydrogens (tertiary/aromatic N) is 3. The molecule has 1 aromatic carbocycles. The van der Waals surface area contributed by atoms with E-state index >= 15 is 0 Å². The third kappa shape index (κ3) is 3.54. The van der Waals surface area contributed by atoms with Gasteiger partial charge in [0, 0.05) is 6.42 Å². The van der Waals surface area contributed by atoms with Crippen LogP contribution >= 0.6 is 0 Å². The molecule has 1 aliphatic carbocycles. The average Bonchev–Trinajstić information content (AvgIpc) is 3.31. The molecule has 130 valence electrons. The molecular formula is C20H29N3O. The average molecular weight is 327 g/mol. The van der Waals surface area contributed by atoms with Crippen molar-refractivity contribution in [1.82, 2.24) is 14.8 Å². The van der Waals surface area contributed by atoms with Gasteiger partial charge in [0.15, 0.2) is 5.82 Å². The maximum atomic E-state index is 9.83. The van der Waals surface area contributed by atoms with Crippen molar-refractivity contribution in [2.45, 2.75) is 64.8 Å². The molecule has 0 aliphatic heterocycles. The van der Waals surface area contributed by atoms with E-state index in [0.717, 1.165) is 50.3 Å². The molecule has 4 nitrogen and oxygen atoms in total. The van der Waals surface area contributed by atoms with Crippen LogP contribution in [0.1, 0.15) is 62.8 Å². The molecule has 0 spiro atoms. The first kappa shape index (κ1) is 17.2. The Bertz CT molecular complexity index is 671. The van der Waals surface area contributed by atoms with Crippen LogP contribution in [0.3, 0.4) is 0 Å². The number of aliphatic hydroxyl groups excluding tert-OH is 1. The van der Waals surface area contributed by atoms with Gasteiger partial charge in [0.2, 0.25) is 0 Å². The fourth-order valence-corrected chi connectivity index (χ4v) is 3.09. The third-order valence-electron chi connectivity index (χ3n) is 5.34. The first-order valence-corrected chi connectivity index (χ1v) is 9.23. The van der Waals surface area contributed by atoms with Crippen molar-refractivity contribution in [3.8, 4) is 0 Å². The van der Waals surface area contributed by atoms with E-state index in [2.05, 4.69) is 45.0 Å². The zero-order valence-electron chi connectivity index (χ0n) is 15.1. The largest absolute Gasteiger partial charge is 0.395 e. The molecular weight excluding hydrogens is 298 g/mol. The highest BCUT2D eigenvalue weighted by molar-refractivity contribution is 5.25. The number of aryl methyl sites for hydroxylation is 1. The van der Waals surface area contributed by atoms with Crippen LogP contribution in [0.2, 0.25) is 0 Å². The Balaban J connectivity index is 1.86. The Morgan fingerprint density at radius 2 is 1.83 bits per heavy atom. The topological polar surface area (TPSA) is 50.9 Å². The van der Waals surface area contributed by atoms with Gasteiger partial charge < -0.3 is 5.11 Å². The van der Waals surface area contributed by atoms with Gasteiger partial charge in [-0.1, -0.05) is 51.5 Å². The molecule has 3 rings (SSSR count). The summed E-state index contributed by atoms with van der Waals surface area (Å²) in [6, 6.07) is 8.73. The van der Waals surface area contributed by atoms with Crippen LogP contribution in [0.5, 0.6) is 0 Å². The molecule has 1 N–H and O–H groups in total. The molecule has 0 radical (unpaired) electrons. The summed E-state index contributed by atoms with van der Waals surface area (Å²) in [6.07, 6.45) is 5.13. The normalized spacial score (nSPS) is 17.0. The SMILES string of the molecule is CCc1ccc(Cn2nc(CC(C)CC)nc2C2(CO)CC2)cc1. The smallest absolute Gasteiger partial charge is 0.151 e. The molecule has 0 amide bonds. The summed E-state index contributed by atoms with van der Waals surface area (Å²) in [7, 11) is 0. The Morgan fingerprint density at radius 3 is 2.38 bits per heavy atom. The Kier molecular flexibility index (Phi) is 5.04. The number of aromatic nitrogens is 3. The van der Waals surface area contributed by atoms with E-state index < -0.39 is 0 Å². The van der Waals surface area contributed by atoms with Gasteiger partial charge >= 0.3 is 0 Å². The molecule has 0 saturated heterocycles. The maximum Gasteiger partial charge on any atom is 0.151 e. The van der Waals surface area contributed by atoms with E-state index in [-0.39, 0.29) is 12.0 Å². The zero-order valence-corrected chi connectivity index (χ0v) is 15.1. The van der Waals surface area contributed by atoms with Gasteiger partial charge in [-0.25, -0.2) is 9.67 Å². The first-order valence-electron chi connectivity index (χ1n) is 9.23. The van der Waals surface area contributed by atoms with Crippen LogP contribution < -0.4 is 0 Å². The van der Waals surface area contributed by atoms with Crippen molar-refractivity contribution < 1.29 is 5.11 Å². The predicted octanol–water partition coefficient (Wildman–Crippen LogP) is 3.50. The van der Waals surface area contributed by atoms with Gasteiger partial charge in [-0.3, -0.25) is 0 Å². The van der Waals surface area contributed by atoms with Gasteiger partial charge in [-0.05, 0) is 36.3 Å². The van der Waals surface area contributed by atoms with Crippen molar-refractivity contribution in [2.24, 2.45) is 5.92 Å². The van der Waals surface area contributed by atoms with E-state index in [1.165, 1.54) is 11.1 Å². The van der Waals surface area contributed by atoms with Crippen molar-refractivity contribution in [3.63, 3.8) is 0 Å². The number of hydrogen-bond acceptors (Lipinski definition) is 3. The summed E-state index contributed by atoms with van der Waals surface area (Å²) >= 11 is 0. The van der Waals surface area contributed by atoms with Gasteiger partial charge in [0.05, 0.1) is 18.6 Å². The second-order valence-electron chi connectivity index (χ2n) is 7.34. The van der Waals surface area contributed by atoms with Crippen molar-refractivity contribution in [2.75, 3.05) is 6.61 Å². The molecule has 1 heterocycles. The summed E-state index contributed by atoms with van der Waals surface area (Å²) in [5.74, 6) is 2.48. The summed E-state index contributed by atoms with van der Waals surface area (Å²) < 4.78 is 2.03. The number of aliphatic hydroxyl groups is 1. The van der Waals surface area contributed by atoms with Crippen LogP contribution in [0.4, 0.5) is 0 Å². The quantitative estimate of drug-likeness (QED) is 0.807. The van der Waals surface area contributed by atoms with Crippen LogP contribution in [0.25, 0.3) is 0 Å². The Hall–Kier alpha value is -1.68. The lowest BCUT2D eigenvalue weighted by Crippen LogP contribution is -2.20. The van der Waals surface area contributed by atoms with Crippen molar-refractivity contribution in [3.05, 3.63) is 47.0 Å². The van der Waals surface area contributed by atoms with E-state index in [9.17, 15) is 5.11 Å². The molecule has 4 heteroatoms. The first-order chi connectivity index (χ1) is 11.6. The summed E-state index contributed by atoms with van der Waals surface area (Å²) in [5, 5.41) is 14.6.